The van der Waals surface area contributed by atoms with E-state index in [9.17, 15) is 4.79 Å². The topological polar surface area (TPSA) is 77.6 Å². The standard InChI is InChI=1S/C19H18N6OS2/c1-2-16-22-23-19(25(16)24-10-6-7-11-24)28-13-17(26)21-18-20-15(12-27-18)14-8-4-3-5-9-14/h3-12H,2,13H2,1H3,(H,20,21,26). The van der Waals surface area contributed by atoms with Crippen LogP contribution in [0, 0.1) is 0 Å². The molecule has 3 heterocycles. The summed E-state index contributed by atoms with van der Waals surface area (Å²) in [4.78, 5) is 16.9. The van der Waals surface area contributed by atoms with Crippen molar-refractivity contribution in [3.05, 3.63) is 66.1 Å². The van der Waals surface area contributed by atoms with E-state index in [4.69, 9.17) is 0 Å². The van der Waals surface area contributed by atoms with Gasteiger partial charge in [-0.15, -0.1) is 21.5 Å². The Morgan fingerprint density at radius 3 is 2.68 bits per heavy atom. The summed E-state index contributed by atoms with van der Waals surface area (Å²) in [5, 5.41) is 14.5. The summed E-state index contributed by atoms with van der Waals surface area (Å²) in [6.07, 6.45) is 4.60. The number of aryl methyl sites for hydroxylation is 1. The van der Waals surface area contributed by atoms with Crippen molar-refractivity contribution in [2.24, 2.45) is 0 Å². The van der Waals surface area contributed by atoms with Gasteiger partial charge in [-0.05, 0) is 12.1 Å². The van der Waals surface area contributed by atoms with E-state index in [0.717, 1.165) is 23.5 Å². The number of thioether (sulfide) groups is 1. The molecule has 0 aliphatic heterocycles. The highest BCUT2D eigenvalue weighted by molar-refractivity contribution is 7.99. The average molecular weight is 411 g/mol. The van der Waals surface area contributed by atoms with Gasteiger partial charge in [-0.3, -0.25) is 9.47 Å². The summed E-state index contributed by atoms with van der Waals surface area (Å²) in [6, 6.07) is 13.8. The molecule has 4 rings (SSSR count). The van der Waals surface area contributed by atoms with Gasteiger partial charge in [0.25, 0.3) is 0 Å². The lowest BCUT2D eigenvalue weighted by Gasteiger charge is -2.09. The highest BCUT2D eigenvalue weighted by Crippen LogP contribution is 2.25. The largest absolute Gasteiger partial charge is 0.301 e. The van der Waals surface area contributed by atoms with Gasteiger partial charge in [-0.2, -0.15) is 0 Å². The molecular weight excluding hydrogens is 392 g/mol. The van der Waals surface area contributed by atoms with Crippen LogP contribution in [0.4, 0.5) is 5.13 Å². The summed E-state index contributed by atoms with van der Waals surface area (Å²) >= 11 is 2.76. The number of benzene rings is 1. The number of rotatable bonds is 7. The second-order valence-electron chi connectivity index (χ2n) is 5.87. The van der Waals surface area contributed by atoms with Gasteiger partial charge in [0, 0.05) is 29.8 Å². The fourth-order valence-electron chi connectivity index (χ4n) is 2.66. The Morgan fingerprint density at radius 1 is 1.14 bits per heavy atom. The van der Waals surface area contributed by atoms with E-state index in [-0.39, 0.29) is 11.7 Å². The monoisotopic (exact) mass is 410 g/mol. The molecule has 1 amide bonds. The maximum Gasteiger partial charge on any atom is 0.236 e. The summed E-state index contributed by atoms with van der Waals surface area (Å²) in [5.74, 6) is 0.939. The molecule has 4 aromatic rings. The van der Waals surface area contributed by atoms with Crippen LogP contribution in [-0.2, 0) is 11.2 Å². The molecule has 0 bridgehead atoms. The molecule has 0 spiro atoms. The number of anilines is 1. The van der Waals surface area contributed by atoms with Gasteiger partial charge in [0.1, 0.15) is 0 Å². The second kappa shape index (κ2) is 8.41. The molecule has 0 atom stereocenters. The van der Waals surface area contributed by atoms with E-state index >= 15 is 0 Å². The molecule has 0 aliphatic rings. The number of hydrogen-bond donors (Lipinski definition) is 1. The maximum absolute atomic E-state index is 12.4. The number of amides is 1. The smallest absolute Gasteiger partial charge is 0.236 e. The average Bonchev–Trinajstić information content (AvgIpc) is 3.47. The molecule has 142 valence electrons. The van der Waals surface area contributed by atoms with Crippen LogP contribution in [0.3, 0.4) is 0 Å². The van der Waals surface area contributed by atoms with Gasteiger partial charge in [-0.25, -0.2) is 9.66 Å². The van der Waals surface area contributed by atoms with Crippen LogP contribution in [0.2, 0.25) is 0 Å². The fourth-order valence-corrected chi connectivity index (χ4v) is 4.14. The van der Waals surface area contributed by atoms with Crippen molar-refractivity contribution in [2.75, 3.05) is 11.1 Å². The van der Waals surface area contributed by atoms with Crippen LogP contribution in [0.25, 0.3) is 11.3 Å². The normalized spacial score (nSPS) is 10.9. The zero-order valence-corrected chi connectivity index (χ0v) is 16.8. The first-order chi connectivity index (χ1) is 13.7. The lowest BCUT2D eigenvalue weighted by atomic mass is 10.2. The predicted octanol–water partition coefficient (Wildman–Crippen LogP) is 3.81. The van der Waals surface area contributed by atoms with Crippen LogP contribution < -0.4 is 5.32 Å². The summed E-state index contributed by atoms with van der Waals surface area (Å²) in [6.45, 7) is 2.03. The Labute approximate surface area is 170 Å². The van der Waals surface area contributed by atoms with Gasteiger partial charge in [-0.1, -0.05) is 49.0 Å². The van der Waals surface area contributed by atoms with Crippen molar-refractivity contribution < 1.29 is 4.79 Å². The van der Waals surface area contributed by atoms with E-state index in [0.29, 0.717) is 10.3 Å². The summed E-state index contributed by atoms with van der Waals surface area (Å²) in [7, 11) is 0. The van der Waals surface area contributed by atoms with Gasteiger partial charge in [0.15, 0.2) is 11.0 Å². The molecule has 0 aliphatic carbocycles. The molecule has 7 nitrogen and oxygen atoms in total. The van der Waals surface area contributed by atoms with Crippen LogP contribution in [0.15, 0.2) is 65.4 Å². The predicted molar refractivity (Wildman–Crippen MR) is 112 cm³/mol. The second-order valence-corrected chi connectivity index (χ2v) is 7.67. The molecular formula is C19H18N6OS2. The number of aromatic nitrogens is 5. The van der Waals surface area contributed by atoms with Crippen molar-refractivity contribution in [1.29, 1.82) is 0 Å². The Bertz CT molecular complexity index is 1060. The van der Waals surface area contributed by atoms with Crippen LogP contribution >= 0.6 is 23.1 Å². The first-order valence-corrected chi connectivity index (χ1v) is 10.6. The van der Waals surface area contributed by atoms with Crippen LogP contribution in [0.5, 0.6) is 0 Å². The number of nitrogens with zero attached hydrogens (tertiary/aromatic N) is 5. The van der Waals surface area contributed by atoms with Crippen LogP contribution in [-0.4, -0.2) is 36.2 Å². The van der Waals surface area contributed by atoms with Gasteiger partial charge < -0.3 is 5.32 Å². The van der Waals surface area contributed by atoms with E-state index in [2.05, 4.69) is 20.5 Å². The third kappa shape index (κ3) is 4.00. The highest BCUT2D eigenvalue weighted by Gasteiger charge is 2.15. The van der Waals surface area contributed by atoms with Gasteiger partial charge >= 0.3 is 0 Å². The van der Waals surface area contributed by atoms with Crippen molar-refractivity contribution in [3.8, 4) is 11.3 Å². The number of carbonyl (C=O) groups excluding carboxylic acids is 1. The van der Waals surface area contributed by atoms with Gasteiger partial charge in [0.05, 0.1) is 11.4 Å². The Balaban J connectivity index is 1.41. The number of nitrogens with one attached hydrogen (secondary N) is 1. The summed E-state index contributed by atoms with van der Waals surface area (Å²) in [5.41, 5.74) is 1.88. The minimum atomic E-state index is -0.126. The molecule has 0 saturated carbocycles. The molecule has 28 heavy (non-hydrogen) atoms. The Morgan fingerprint density at radius 2 is 1.93 bits per heavy atom. The van der Waals surface area contributed by atoms with Crippen molar-refractivity contribution in [2.45, 2.75) is 18.5 Å². The van der Waals surface area contributed by atoms with E-state index in [1.54, 1.807) is 0 Å². The Kier molecular flexibility index (Phi) is 5.54. The zero-order valence-electron chi connectivity index (χ0n) is 15.1. The third-order valence-electron chi connectivity index (χ3n) is 3.96. The minimum absolute atomic E-state index is 0.126. The molecule has 9 heteroatoms. The van der Waals surface area contributed by atoms with Gasteiger partial charge in [0.2, 0.25) is 11.1 Å². The summed E-state index contributed by atoms with van der Waals surface area (Å²) < 4.78 is 3.82. The first kappa shape index (κ1) is 18.5. The van der Waals surface area contributed by atoms with E-state index in [1.807, 2.05) is 76.5 Å². The van der Waals surface area contributed by atoms with E-state index < -0.39 is 0 Å². The van der Waals surface area contributed by atoms with Crippen molar-refractivity contribution in [3.63, 3.8) is 0 Å². The molecule has 1 aromatic carbocycles. The fraction of sp³-hybridized carbons (Fsp3) is 0.158. The molecule has 0 saturated heterocycles. The lowest BCUT2D eigenvalue weighted by molar-refractivity contribution is -0.113. The van der Waals surface area contributed by atoms with Crippen LogP contribution in [0.1, 0.15) is 12.7 Å². The maximum atomic E-state index is 12.4. The first-order valence-electron chi connectivity index (χ1n) is 8.76. The number of thiazole rings is 1. The zero-order chi connectivity index (χ0) is 19.3. The molecule has 1 N–H and O–H groups in total. The SMILES string of the molecule is CCc1nnc(SCC(=O)Nc2nc(-c3ccccc3)cs2)n1-n1cccc1. The highest BCUT2D eigenvalue weighted by atomic mass is 32.2. The third-order valence-corrected chi connectivity index (χ3v) is 5.64. The quantitative estimate of drug-likeness (QED) is 0.469. The minimum Gasteiger partial charge on any atom is -0.301 e. The lowest BCUT2D eigenvalue weighted by Crippen LogP contribution is -2.16. The molecule has 0 fully saturated rings. The Hall–Kier alpha value is -2.91. The van der Waals surface area contributed by atoms with E-state index in [1.165, 1.54) is 23.1 Å². The van der Waals surface area contributed by atoms with Crippen molar-refractivity contribution in [1.82, 2.24) is 24.5 Å². The molecule has 0 radical (unpaired) electrons. The molecule has 3 aromatic heterocycles. The number of hydrogen-bond acceptors (Lipinski definition) is 6. The van der Waals surface area contributed by atoms with Crippen molar-refractivity contribution >= 4 is 34.1 Å². The number of carbonyl (C=O) groups is 1. The molecule has 0 unspecified atom stereocenters.